The molecule has 3 rings (SSSR count). The van der Waals surface area contributed by atoms with Gasteiger partial charge in [-0.15, -0.1) is 0 Å². The van der Waals surface area contributed by atoms with Crippen molar-refractivity contribution in [3.8, 4) is 5.75 Å². The minimum absolute atomic E-state index is 0.141. The first kappa shape index (κ1) is 9.83. The van der Waals surface area contributed by atoms with Crippen molar-refractivity contribution in [3.63, 3.8) is 0 Å². The largest absolute Gasteiger partial charge is 0.475 e. The van der Waals surface area contributed by atoms with Crippen molar-refractivity contribution >= 4 is 11.7 Å². The van der Waals surface area contributed by atoms with Gasteiger partial charge in [-0.25, -0.2) is 4.79 Å². The number of hydrogen-bond acceptors (Lipinski definition) is 5. The SMILES string of the molecule is O=C(O)c1occ2c1NCC(c1ccco1)O2. The van der Waals surface area contributed by atoms with Crippen LogP contribution in [0.2, 0.25) is 0 Å². The van der Waals surface area contributed by atoms with Crippen LogP contribution in [0.1, 0.15) is 22.4 Å². The molecule has 0 spiro atoms. The molecule has 0 aliphatic carbocycles. The summed E-state index contributed by atoms with van der Waals surface area (Å²) in [4.78, 5) is 10.8. The summed E-state index contributed by atoms with van der Waals surface area (Å²) in [6, 6.07) is 3.57. The maximum Gasteiger partial charge on any atom is 0.374 e. The third-order valence-electron chi connectivity index (χ3n) is 2.55. The monoisotopic (exact) mass is 235 g/mol. The summed E-state index contributed by atoms with van der Waals surface area (Å²) in [6.45, 7) is 0.431. The Morgan fingerprint density at radius 3 is 3.06 bits per heavy atom. The zero-order chi connectivity index (χ0) is 11.8. The molecule has 2 N–H and O–H groups in total. The Hall–Kier alpha value is -2.37. The van der Waals surface area contributed by atoms with Crippen LogP contribution in [0.4, 0.5) is 5.69 Å². The average molecular weight is 235 g/mol. The molecule has 6 nitrogen and oxygen atoms in total. The molecule has 1 unspecified atom stereocenters. The highest BCUT2D eigenvalue weighted by atomic mass is 16.5. The first-order valence-corrected chi connectivity index (χ1v) is 5.04. The number of carboxylic acid groups (broad SMARTS) is 1. The highest BCUT2D eigenvalue weighted by molar-refractivity contribution is 5.93. The maximum atomic E-state index is 10.8. The summed E-state index contributed by atoms with van der Waals surface area (Å²) < 4.78 is 15.8. The lowest BCUT2D eigenvalue weighted by Gasteiger charge is -2.23. The normalized spacial score (nSPS) is 18.0. The molecule has 2 aromatic rings. The van der Waals surface area contributed by atoms with Crippen molar-refractivity contribution in [2.24, 2.45) is 0 Å². The van der Waals surface area contributed by atoms with Crippen molar-refractivity contribution in [3.05, 3.63) is 36.2 Å². The summed E-state index contributed by atoms with van der Waals surface area (Å²) in [6.07, 6.45) is 2.56. The summed E-state index contributed by atoms with van der Waals surface area (Å²) in [7, 11) is 0. The van der Waals surface area contributed by atoms with Crippen molar-refractivity contribution < 1.29 is 23.5 Å². The van der Waals surface area contributed by atoms with Crippen molar-refractivity contribution in [1.82, 2.24) is 0 Å². The smallest absolute Gasteiger partial charge is 0.374 e. The summed E-state index contributed by atoms with van der Waals surface area (Å²) in [5, 5.41) is 11.8. The van der Waals surface area contributed by atoms with Gasteiger partial charge < -0.3 is 24.0 Å². The van der Waals surface area contributed by atoms with Gasteiger partial charge in [0, 0.05) is 0 Å². The van der Waals surface area contributed by atoms with E-state index in [9.17, 15) is 4.79 Å². The number of ether oxygens (including phenoxy) is 1. The third kappa shape index (κ3) is 1.54. The molecule has 0 fully saturated rings. The van der Waals surface area contributed by atoms with E-state index >= 15 is 0 Å². The van der Waals surface area contributed by atoms with Crippen LogP contribution < -0.4 is 10.1 Å². The van der Waals surface area contributed by atoms with E-state index in [-0.39, 0.29) is 11.9 Å². The second kappa shape index (κ2) is 3.58. The second-order valence-electron chi connectivity index (χ2n) is 3.61. The third-order valence-corrected chi connectivity index (χ3v) is 2.55. The van der Waals surface area contributed by atoms with Crippen LogP contribution in [0.5, 0.6) is 5.75 Å². The summed E-state index contributed by atoms with van der Waals surface area (Å²) >= 11 is 0. The zero-order valence-electron chi connectivity index (χ0n) is 8.67. The minimum atomic E-state index is -1.13. The van der Waals surface area contributed by atoms with Crippen LogP contribution in [-0.4, -0.2) is 17.6 Å². The molecule has 2 aromatic heterocycles. The molecule has 0 aromatic carbocycles. The lowest BCUT2D eigenvalue weighted by atomic mass is 10.2. The fourth-order valence-electron chi connectivity index (χ4n) is 1.78. The summed E-state index contributed by atoms with van der Waals surface area (Å²) in [5.74, 6) is -0.201. The number of carbonyl (C=O) groups is 1. The Labute approximate surface area is 95.8 Å². The highest BCUT2D eigenvalue weighted by Gasteiger charge is 2.29. The Morgan fingerprint density at radius 2 is 2.35 bits per heavy atom. The maximum absolute atomic E-state index is 10.8. The zero-order valence-corrected chi connectivity index (χ0v) is 8.67. The number of nitrogens with one attached hydrogen (secondary N) is 1. The number of fused-ring (bicyclic) bond motifs is 1. The molecule has 0 radical (unpaired) electrons. The van der Waals surface area contributed by atoms with Gasteiger partial charge in [-0.3, -0.25) is 0 Å². The number of hydrogen-bond donors (Lipinski definition) is 2. The predicted molar refractivity (Wildman–Crippen MR) is 56.2 cm³/mol. The van der Waals surface area contributed by atoms with Crippen LogP contribution >= 0.6 is 0 Å². The average Bonchev–Trinajstić information content (AvgIpc) is 2.97. The first-order valence-electron chi connectivity index (χ1n) is 5.04. The molecule has 1 aliphatic heterocycles. The lowest BCUT2D eigenvalue weighted by Crippen LogP contribution is -2.23. The van der Waals surface area contributed by atoms with Gasteiger partial charge in [0.15, 0.2) is 11.9 Å². The van der Waals surface area contributed by atoms with Crippen LogP contribution in [0.25, 0.3) is 0 Å². The van der Waals surface area contributed by atoms with E-state index in [0.29, 0.717) is 23.7 Å². The molecular formula is C11H9NO5. The van der Waals surface area contributed by atoms with Crippen LogP contribution in [0.3, 0.4) is 0 Å². The van der Waals surface area contributed by atoms with E-state index in [1.165, 1.54) is 6.26 Å². The standard InChI is InChI=1S/C11H9NO5/c13-11(14)10-9-8(5-16-10)17-7(4-12-9)6-2-1-3-15-6/h1-3,5,7,12H,4H2,(H,13,14). The van der Waals surface area contributed by atoms with Crippen LogP contribution in [-0.2, 0) is 0 Å². The molecule has 3 heterocycles. The second-order valence-corrected chi connectivity index (χ2v) is 3.61. The molecule has 0 saturated carbocycles. The van der Waals surface area contributed by atoms with Crippen molar-refractivity contribution in [2.75, 3.05) is 11.9 Å². The fraction of sp³-hybridized carbons (Fsp3) is 0.182. The summed E-state index contributed by atoms with van der Waals surface area (Å²) in [5.41, 5.74) is 0.375. The van der Waals surface area contributed by atoms with E-state index in [0.717, 1.165) is 0 Å². The highest BCUT2D eigenvalue weighted by Crippen LogP contribution is 2.38. The lowest BCUT2D eigenvalue weighted by molar-refractivity contribution is 0.0663. The van der Waals surface area contributed by atoms with Gasteiger partial charge in [-0.1, -0.05) is 0 Å². The molecule has 88 valence electrons. The number of carboxylic acids is 1. The van der Waals surface area contributed by atoms with Crippen molar-refractivity contribution in [1.29, 1.82) is 0 Å². The van der Waals surface area contributed by atoms with E-state index in [2.05, 4.69) is 5.32 Å². The van der Waals surface area contributed by atoms with Gasteiger partial charge in [0.1, 0.15) is 17.7 Å². The first-order chi connectivity index (χ1) is 8.25. The number of aromatic carboxylic acids is 1. The topological polar surface area (TPSA) is 84.8 Å². The fourth-order valence-corrected chi connectivity index (χ4v) is 1.78. The molecule has 6 heteroatoms. The minimum Gasteiger partial charge on any atom is -0.475 e. The predicted octanol–water partition coefficient (Wildman–Crippen LogP) is 2.12. The Bertz CT molecular complexity index is 542. The Morgan fingerprint density at radius 1 is 1.47 bits per heavy atom. The van der Waals surface area contributed by atoms with Crippen LogP contribution in [0, 0.1) is 0 Å². The van der Waals surface area contributed by atoms with Gasteiger partial charge in [-0.05, 0) is 12.1 Å². The molecule has 17 heavy (non-hydrogen) atoms. The molecule has 1 atom stereocenters. The van der Waals surface area contributed by atoms with Gasteiger partial charge >= 0.3 is 5.97 Å². The van der Waals surface area contributed by atoms with Crippen LogP contribution in [0.15, 0.2) is 33.5 Å². The number of rotatable bonds is 2. The Balaban J connectivity index is 1.89. The molecule has 0 amide bonds. The van der Waals surface area contributed by atoms with Gasteiger partial charge in [0.25, 0.3) is 0 Å². The Kier molecular flexibility index (Phi) is 2.07. The van der Waals surface area contributed by atoms with Crippen molar-refractivity contribution in [2.45, 2.75) is 6.10 Å². The van der Waals surface area contributed by atoms with E-state index in [1.807, 2.05) is 0 Å². The number of anilines is 1. The van der Waals surface area contributed by atoms with E-state index in [1.54, 1.807) is 18.4 Å². The van der Waals surface area contributed by atoms with E-state index < -0.39 is 5.97 Å². The molecule has 0 saturated heterocycles. The quantitative estimate of drug-likeness (QED) is 0.829. The molecule has 1 aliphatic rings. The van der Waals surface area contributed by atoms with Gasteiger partial charge in [0.05, 0.1) is 12.8 Å². The van der Waals surface area contributed by atoms with Gasteiger partial charge in [-0.2, -0.15) is 0 Å². The molecule has 0 bridgehead atoms. The molecular weight excluding hydrogens is 226 g/mol. The number of furan rings is 2. The van der Waals surface area contributed by atoms with E-state index in [4.69, 9.17) is 18.7 Å². The van der Waals surface area contributed by atoms with Gasteiger partial charge in [0.2, 0.25) is 5.76 Å².